The summed E-state index contributed by atoms with van der Waals surface area (Å²) in [6.45, 7) is 6.19. The Balaban J connectivity index is 1.38. The summed E-state index contributed by atoms with van der Waals surface area (Å²) in [5.41, 5.74) is 3.08. The molecular weight excluding hydrogens is 422 g/mol. The summed E-state index contributed by atoms with van der Waals surface area (Å²) in [5.74, 6) is 0.222. The second-order valence-electron chi connectivity index (χ2n) is 8.36. The van der Waals surface area contributed by atoms with Gasteiger partial charge in [0.05, 0.1) is 6.26 Å². The summed E-state index contributed by atoms with van der Waals surface area (Å²) < 4.78 is 7.40. The second-order valence-corrected chi connectivity index (χ2v) is 9.26. The molecule has 7 heteroatoms. The van der Waals surface area contributed by atoms with Gasteiger partial charge in [-0.25, -0.2) is 0 Å². The molecule has 1 aromatic carbocycles. The average molecular weight is 448 g/mol. The summed E-state index contributed by atoms with van der Waals surface area (Å²) in [4.78, 5) is 31.0. The predicted molar refractivity (Wildman–Crippen MR) is 125 cm³/mol. The number of carbonyl (C=O) groups excluding carboxylic acids is 2. The Morgan fingerprint density at radius 3 is 2.72 bits per heavy atom. The Morgan fingerprint density at radius 2 is 1.97 bits per heavy atom. The minimum Gasteiger partial charge on any atom is -0.459 e. The van der Waals surface area contributed by atoms with Crippen LogP contribution in [0.4, 0.5) is 0 Å². The van der Waals surface area contributed by atoms with Crippen LogP contribution in [-0.4, -0.2) is 51.9 Å². The first kappa shape index (κ1) is 20.6. The molecule has 164 valence electrons. The molecule has 0 radical (unpaired) electrons. The average Bonchev–Trinajstić information content (AvgIpc) is 3.52. The maximum Gasteiger partial charge on any atom is 0.289 e. The first-order valence-electron chi connectivity index (χ1n) is 10.8. The van der Waals surface area contributed by atoms with E-state index in [-0.39, 0.29) is 17.9 Å². The lowest BCUT2D eigenvalue weighted by atomic mass is 10.1. The molecule has 4 aromatic rings. The number of rotatable bonds is 4. The predicted octanol–water partition coefficient (Wildman–Crippen LogP) is 4.64. The van der Waals surface area contributed by atoms with Gasteiger partial charge in [-0.05, 0) is 49.1 Å². The number of hydrogen-bond acceptors (Lipinski definition) is 4. The molecule has 0 bridgehead atoms. The van der Waals surface area contributed by atoms with Crippen molar-refractivity contribution in [1.82, 2.24) is 14.4 Å². The first-order chi connectivity index (χ1) is 15.5. The molecule has 1 atom stereocenters. The maximum atomic E-state index is 13.6. The number of benzene rings is 1. The van der Waals surface area contributed by atoms with E-state index in [1.807, 2.05) is 17.9 Å². The Morgan fingerprint density at radius 1 is 1.09 bits per heavy atom. The summed E-state index contributed by atoms with van der Waals surface area (Å²) in [6, 6.07) is 15.8. The van der Waals surface area contributed by atoms with Crippen LogP contribution in [0.1, 0.15) is 39.1 Å². The van der Waals surface area contributed by atoms with Crippen LogP contribution in [0.25, 0.3) is 10.2 Å². The van der Waals surface area contributed by atoms with Crippen molar-refractivity contribution in [2.75, 3.05) is 19.6 Å². The summed E-state index contributed by atoms with van der Waals surface area (Å²) in [7, 11) is 0. The number of aryl methyl sites for hydroxylation is 1. The number of thiophene rings is 1. The standard InChI is InChI=1S/C25H25N3O3S/c1-17-5-3-6-19(13-17)16-28-21(14-20-8-12-32-25(20)28)23(29)26-9-10-27(18(2)15-26)24(30)22-7-4-11-31-22/h3-8,11-14,18H,9-10,15-16H2,1-2H3/t18-/m1/s1. The monoisotopic (exact) mass is 447 g/mol. The molecular formula is C25H25N3O3S. The second kappa shape index (κ2) is 8.31. The molecule has 0 saturated carbocycles. The molecule has 1 aliphatic rings. The van der Waals surface area contributed by atoms with E-state index in [1.54, 1.807) is 28.4 Å². The molecule has 0 aliphatic carbocycles. The number of aromatic nitrogens is 1. The molecule has 4 heterocycles. The van der Waals surface area contributed by atoms with E-state index in [0.717, 1.165) is 10.2 Å². The highest BCUT2D eigenvalue weighted by molar-refractivity contribution is 7.16. The van der Waals surface area contributed by atoms with Crippen molar-refractivity contribution in [3.8, 4) is 0 Å². The van der Waals surface area contributed by atoms with E-state index < -0.39 is 0 Å². The molecule has 0 unspecified atom stereocenters. The number of fused-ring (bicyclic) bond motifs is 1. The zero-order valence-electron chi connectivity index (χ0n) is 18.2. The molecule has 1 saturated heterocycles. The zero-order valence-corrected chi connectivity index (χ0v) is 19.0. The van der Waals surface area contributed by atoms with Gasteiger partial charge in [0.25, 0.3) is 11.8 Å². The van der Waals surface area contributed by atoms with Crippen LogP contribution in [0.3, 0.4) is 0 Å². The van der Waals surface area contributed by atoms with E-state index in [4.69, 9.17) is 4.42 Å². The van der Waals surface area contributed by atoms with E-state index in [2.05, 4.69) is 47.2 Å². The quantitative estimate of drug-likeness (QED) is 0.458. The van der Waals surface area contributed by atoms with Gasteiger partial charge in [-0.15, -0.1) is 11.3 Å². The fraction of sp³-hybridized carbons (Fsp3) is 0.280. The van der Waals surface area contributed by atoms with Crippen molar-refractivity contribution in [3.63, 3.8) is 0 Å². The van der Waals surface area contributed by atoms with Crippen molar-refractivity contribution in [3.05, 3.63) is 82.8 Å². The number of piperazine rings is 1. The van der Waals surface area contributed by atoms with Gasteiger partial charge < -0.3 is 18.8 Å². The lowest BCUT2D eigenvalue weighted by molar-refractivity contribution is 0.0391. The van der Waals surface area contributed by atoms with Gasteiger partial charge in [0.1, 0.15) is 10.5 Å². The lowest BCUT2D eigenvalue weighted by Gasteiger charge is -2.39. The zero-order chi connectivity index (χ0) is 22.2. The number of hydrogen-bond donors (Lipinski definition) is 0. The third-order valence-corrected chi connectivity index (χ3v) is 7.00. The van der Waals surface area contributed by atoms with E-state index >= 15 is 0 Å². The highest BCUT2D eigenvalue weighted by atomic mass is 32.1. The van der Waals surface area contributed by atoms with Crippen LogP contribution < -0.4 is 0 Å². The van der Waals surface area contributed by atoms with Crippen molar-refractivity contribution in [2.45, 2.75) is 26.4 Å². The number of furan rings is 1. The molecule has 1 fully saturated rings. The van der Waals surface area contributed by atoms with Gasteiger partial charge in [0, 0.05) is 37.6 Å². The van der Waals surface area contributed by atoms with Gasteiger partial charge in [-0.1, -0.05) is 29.8 Å². The van der Waals surface area contributed by atoms with Crippen LogP contribution >= 0.6 is 11.3 Å². The maximum absolute atomic E-state index is 13.6. The Bertz CT molecular complexity index is 1270. The molecule has 0 N–H and O–H groups in total. The smallest absolute Gasteiger partial charge is 0.289 e. The van der Waals surface area contributed by atoms with Gasteiger partial charge in [0.2, 0.25) is 0 Å². The minimum absolute atomic E-state index is 0.0120. The van der Waals surface area contributed by atoms with Crippen molar-refractivity contribution in [1.29, 1.82) is 0 Å². The SMILES string of the molecule is Cc1cccc(Cn2c(C(=O)N3CCN(C(=O)c4ccco4)[C@H](C)C3)cc3ccsc32)c1. The summed E-state index contributed by atoms with van der Waals surface area (Å²) in [5, 5.41) is 3.15. The van der Waals surface area contributed by atoms with Crippen molar-refractivity contribution in [2.24, 2.45) is 0 Å². The molecule has 0 spiro atoms. The third-order valence-electron chi connectivity index (χ3n) is 6.05. The van der Waals surface area contributed by atoms with Crippen LogP contribution in [0.2, 0.25) is 0 Å². The van der Waals surface area contributed by atoms with Crippen molar-refractivity contribution < 1.29 is 14.0 Å². The molecule has 2 amide bonds. The fourth-order valence-corrected chi connectivity index (χ4v) is 5.35. The molecule has 3 aromatic heterocycles. The molecule has 32 heavy (non-hydrogen) atoms. The Hall–Kier alpha value is -3.32. The van der Waals surface area contributed by atoms with Crippen LogP contribution in [0.15, 0.2) is 64.6 Å². The van der Waals surface area contributed by atoms with Crippen LogP contribution in [0.5, 0.6) is 0 Å². The van der Waals surface area contributed by atoms with E-state index in [1.165, 1.54) is 17.4 Å². The Kier molecular flexibility index (Phi) is 5.35. The van der Waals surface area contributed by atoms with Gasteiger partial charge in [-0.3, -0.25) is 9.59 Å². The lowest BCUT2D eigenvalue weighted by Crippen LogP contribution is -2.55. The van der Waals surface area contributed by atoms with Crippen LogP contribution in [0, 0.1) is 6.92 Å². The molecule has 6 nitrogen and oxygen atoms in total. The first-order valence-corrected chi connectivity index (χ1v) is 11.7. The highest BCUT2D eigenvalue weighted by Gasteiger charge is 2.33. The minimum atomic E-state index is -0.127. The summed E-state index contributed by atoms with van der Waals surface area (Å²) in [6.07, 6.45) is 1.51. The Labute approximate surface area is 190 Å². The van der Waals surface area contributed by atoms with Gasteiger partial charge in [0.15, 0.2) is 5.76 Å². The van der Waals surface area contributed by atoms with E-state index in [0.29, 0.717) is 37.6 Å². The van der Waals surface area contributed by atoms with Crippen molar-refractivity contribution >= 4 is 33.4 Å². The van der Waals surface area contributed by atoms with Gasteiger partial charge in [-0.2, -0.15) is 0 Å². The third kappa shape index (κ3) is 3.73. The highest BCUT2D eigenvalue weighted by Crippen LogP contribution is 2.28. The number of carbonyl (C=O) groups is 2. The topological polar surface area (TPSA) is 58.7 Å². The molecule has 1 aliphatic heterocycles. The molecule has 5 rings (SSSR count). The summed E-state index contributed by atoms with van der Waals surface area (Å²) >= 11 is 1.65. The van der Waals surface area contributed by atoms with E-state index in [9.17, 15) is 9.59 Å². The van der Waals surface area contributed by atoms with Crippen LogP contribution in [-0.2, 0) is 6.54 Å². The normalized spacial score (nSPS) is 16.6. The largest absolute Gasteiger partial charge is 0.459 e. The number of amides is 2. The van der Waals surface area contributed by atoms with Gasteiger partial charge >= 0.3 is 0 Å². The fourth-order valence-electron chi connectivity index (χ4n) is 4.45. The number of nitrogens with zero attached hydrogens (tertiary/aromatic N) is 3.